The number of aromatic hydroxyl groups is 1. The van der Waals surface area contributed by atoms with Crippen molar-refractivity contribution in [2.45, 2.75) is 94.4 Å². The molecule has 0 radical (unpaired) electrons. The summed E-state index contributed by atoms with van der Waals surface area (Å²) in [5.74, 6) is 1.15. The van der Waals surface area contributed by atoms with E-state index in [0.717, 1.165) is 86.1 Å². The Bertz CT molecular complexity index is 1140. The van der Waals surface area contributed by atoms with Gasteiger partial charge in [-0.1, -0.05) is 37.1 Å². The van der Waals surface area contributed by atoms with Crippen molar-refractivity contribution in [3.05, 3.63) is 48.1 Å². The number of unbranched alkanes of at least 4 members (excludes halogenated alkanes) is 2. The first kappa shape index (κ1) is 32.4. The summed E-state index contributed by atoms with van der Waals surface area (Å²) in [6.45, 7) is 7.48. The monoisotopic (exact) mass is 615 g/mol. The average Bonchev–Trinajstić information content (AvgIpc) is 3.02. The maximum atomic E-state index is 10.7. The minimum absolute atomic E-state index is 0.00475. The summed E-state index contributed by atoms with van der Waals surface area (Å²) in [6, 6.07) is 5.43. The Morgan fingerprint density at radius 1 is 1.14 bits per heavy atom. The minimum atomic E-state index is -0.957. The van der Waals surface area contributed by atoms with Gasteiger partial charge in [-0.3, -0.25) is 0 Å². The molecular formula is C34H49NO7S. The fourth-order valence-electron chi connectivity index (χ4n) is 7.60. The lowest BCUT2D eigenvalue weighted by Crippen LogP contribution is -2.64. The van der Waals surface area contributed by atoms with E-state index in [2.05, 4.69) is 19.6 Å². The molecule has 0 bridgehead atoms. The van der Waals surface area contributed by atoms with Gasteiger partial charge in [-0.2, -0.15) is 11.8 Å². The van der Waals surface area contributed by atoms with Crippen molar-refractivity contribution in [1.82, 2.24) is 0 Å². The van der Waals surface area contributed by atoms with Crippen LogP contribution in [0.25, 0.3) is 0 Å². The molecule has 2 heterocycles. The lowest BCUT2D eigenvalue weighted by molar-refractivity contribution is -0.223. The quantitative estimate of drug-likeness (QED) is 0.120. The second-order valence-electron chi connectivity index (χ2n) is 12.1. The van der Waals surface area contributed by atoms with Crippen LogP contribution in [0.2, 0.25) is 0 Å². The SMILES string of the molecule is C=CCO[C@@]12Oc3ccc(O)cc3[C@H]3[C@H](CCCCO)[C@@H](CCCCO)C=C(C(=NOC4CCCCO4)C[C@@H]1SCC)[C@H]32. The number of fused-ring (bicyclic) bond motifs is 2. The minimum Gasteiger partial charge on any atom is -0.508 e. The molecule has 8 nitrogen and oxygen atoms in total. The Hall–Kier alpha value is -2.04. The van der Waals surface area contributed by atoms with Gasteiger partial charge < -0.3 is 34.4 Å². The van der Waals surface area contributed by atoms with Crippen molar-refractivity contribution >= 4 is 17.5 Å². The van der Waals surface area contributed by atoms with E-state index in [-0.39, 0.29) is 54.2 Å². The van der Waals surface area contributed by atoms with Crippen molar-refractivity contribution in [3.63, 3.8) is 0 Å². The number of allylic oxidation sites excluding steroid dienone is 1. The number of rotatable bonds is 15. The number of benzene rings is 1. The maximum Gasteiger partial charge on any atom is 0.230 e. The third-order valence-corrected chi connectivity index (χ3v) is 10.7. The number of ether oxygens (including phenoxy) is 3. The van der Waals surface area contributed by atoms with Crippen LogP contribution in [0, 0.1) is 17.8 Å². The van der Waals surface area contributed by atoms with Gasteiger partial charge in [0.25, 0.3) is 0 Å². The number of phenols is 1. The number of oxime groups is 1. The zero-order valence-corrected chi connectivity index (χ0v) is 26.3. The first-order valence-electron chi connectivity index (χ1n) is 16.2. The molecule has 2 aliphatic carbocycles. The highest BCUT2D eigenvalue weighted by Gasteiger charge is 2.63. The van der Waals surface area contributed by atoms with Crippen LogP contribution in [0.4, 0.5) is 0 Å². The molecule has 5 rings (SSSR count). The predicted molar refractivity (Wildman–Crippen MR) is 169 cm³/mol. The van der Waals surface area contributed by atoms with Gasteiger partial charge in [0.2, 0.25) is 12.1 Å². The number of hydrogen-bond acceptors (Lipinski definition) is 9. The first-order valence-corrected chi connectivity index (χ1v) is 17.3. The van der Waals surface area contributed by atoms with Gasteiger partial charge in [-0.05, 0) is 79.9 Å². The molecule has 2 aliphatic heterocycles. The molecule has 1 aromatic rings. The normalized spacial score (nSPS) is 32.3. The summed E-state index contributed by atoms with van der Waals surface area (Å²) in [5.41, 5.74) is 3.01. The fourth-order valence-corrected chi connectivity index (χ4v) is 8.78. The lowest BCUT2D eigenvalue weighted by atomic mass is 9.56. The van der Waals surface area contributed by atoms with Gasteiger partial charge in [0.1, 0.15) is 11.5 Å². The molecule has 1 unspecified atom stereocenters. The number of phenolic OH excluding ortho intramolecular Hbond substituents is 1. The van der Waals surface area contributed by atoms with Crippen LogP contribution >= 0.6 is 11.8 Å². The van der Waals surface area contributed by atoms with Crippen LogP contribution in [0.3, 0.4) is 0 Å². The third-order valence-electron chi connectivity index (χ3n) is 9.42. The molecular weight excluding hydrogens is 566 g/mol. The summed E-state index contributed by atoms with van der Waals surface area (Å²) in [7, 11) is 0. The van der Waals surface area contributed by atoms with Gasteiger partial charge in [0.15, 0.2) is 0 Å². The van der Waals surface area contributed by atoms with Gasteiger partial charge in [0, 0.05) is 37.5 Å². The number of hydrogen-bond donors (Lipinski definition) is 3. The molecule has 3 N–H and O–H groups in total. The second kappa shape index (κ2) is 15.3. The molecule has 0 amide bonds. The second-order valence-corrected chi connectivity index (χ2v) is 13.6. The summed E-state index contributed by atoms with van der Waals surface area (Å²) < 4.78 is 19.7. The molecule has 238 valence electrons. The van der Waals surface area contributed by atoms with Crippen LogP contribution in [0.1, 0.15) is 82.6 Å². The van der Waals surface area contributed by atoms with Gasteiger partial charge in [-0.25, -0.2) is 0 Å². The Kier molecular flexibility index (Phi) is 11.5. The number of thioether (sulfide) groups is 1. The molecule has 1 saturated heterocycles. The van der Waals surface area contributed by atoms with Crippen LogP contribution in [0.15, 0.2) is 47.7 Å². The molecule has 0 spiro atoms. The van der Waals surface area contributed by atoms with Crippen LogP contribution in [0.5, 0.6) is 11.5 Å². The van der Waals surface area contributed by atoms with Crippen LogP contribution in [-0.4, -0.2) is 70.5 Å². The average molecular weight is 616 g/mol. The first-order chi connectivity index (χ1) is 21.1. The van der Waals surface area contributed by atoms with Gasteiger partial charge >= 0.3 is 0 Å². The standard InChI is InChI=1S/C34H49NO7S/c1-3-18-40-34-30(43-4-2)22-28(35-42-31-13-7-10-19-39-31)26-20-23(11-5-8-16-36)25(12-6-9-17-37)32(33(26)34)27-21-24(38)14-15-29(27)41-34/h3,14-15,20-21,23,25,30-33,36-38H,1,4-13,16-19,22H2,2H3/t23-,25+,30-,31?,32+,33+,34+/m0/s1. The summed E-state index contributed by atoms with van der Waals surface area (Å²) >= 11 is 1.82. The summed E-state index contributed by atoms with van der Waals surface area (Å²) in [6.07, 6.45) is 12.5. The van der Waals surface area contributed by atoms with E-state index in [1.54, 1.807) is 12.1 Å². The largest absolute Gasteiger partial charge is 0.508 e. The Morgan fingerprint density at radius 3 is 2.67 bits per heavy atom. The summed E-state index contributed by atoms with van der Waals surface area (Å²) in [5, 5.41) is 34.7. The highest BCUT2D eigenvalue weighted by molar-refractivity contribution is 8.00. The molecule has 7 atom stereocenters. The van der Waals surface area contributed by atoms with E-state index in [1.165, 1.54) is 0 Å². The number of aliphatic hydroxyl groups is 2. The fraction of sp³-hybridized carbons (Fsp3) is 0.676. The van der Waals surface area contributed by atoms with E-state index >= 15 is 0 Å². The zero-order valence-electron chi connectivity index (χ0n) is 25.5. The van der Waals surface area contributed by atoms with E-state index in [0.29, 0.717) is 19.6 Å². The van der Waals surface area contributed by atoms with Crippen molar-refractivity contribution in [1.29, 1.82) is 0 Å². The smallest absolute Gasteiger partial charge is 0.230 e. The topological polar surface area (TPSA) is 110 Å². The Morgan fingerprint density at radius 2 is 1.95 bits per heavy atom. The number of nitrogens with zero attached hydrogens (tertiary/aromatic N) is 1. The predicted octanol–water partition coefficient (Wildman–Crippen LogP) is 6.31. The van der Waals surface area contributed by atoms with E-state index < -0.39 is 5.79 Å². The van der Waals surface area contributed by atoms with Gasteiger partial charge in [0.05, 0.1) is 30.1 Å². The lowest BCUT2D eigenvalue weighted by Gasteiger charge is -2.58. The highest BCUT2D eigenvalue weighted by atomic mass is 32.2. The molecule has 4 aliphatic rings. The molecule has 43 heavy (non-hydrogen) atoms. The Balaban J connectivity index is 1.67. The van der Waals surface area contributed by atoms with Crippen molar-refractivity contribution in [2.24, 2.45) is 22.9 Å². The number of aliphatic hydroxyl groups excluding tert-OH is 2. The van der Waals surface area contributed by atoms with Crippen LogP contribution < -0.4 is 4.74 Å². The van der Waals surface area contributed by atoms with Crippen LogP contribution in [-0.2, 0) is 14.3 Å². The zero-order chi connectivity index (χ0) is 30.2. The summed E-state index contributed by atoms with van der Waals surface area (Å²) in [4.78, 5) is 6.08. The Labute approximate surface area is 260 Å². The highest BCUT2D eigenvalue weighted by Crippen LogP contribution is 2.62. The van der Waals surface area contributed by atoms with Crippen molar-refractivity contribution < 1.29 is 34.4 Å². The van der Waals surface area contributed by atoms with E-state index in [9.17, 15) is 15.3 Å². The van der Waals surface area contributed by atoms with E-state index in [1.807, 2.05) is 23.9 Å². The van der Waals surface area contributed by atoms with E-state index in [4.69, 9.17) is 24.2 Å². The molecule has 2 fully saturated rings. The van der Waals surface area contributed by atoms with Crippen molar-refractivity contribution in [2.75, 3.05) is 32.2 Å². The molecule has 1 saturated carbocycles. The third kappa shape index (κ3) is 6.96. The molecule has 0 aromatic heterocycles. The molecule has 1 aromatic carbocycles. The molecule has 9 heteroatoms. The van der Waals surface area contributed by atoms with Gasteiger partial charge in [-0.15, -0.1) is 6.58 Å². The maximum absolute atomic E-state index is 10.7. The van der Waals surface area contributed by atoms with Crippen molar-refractivity contribution in [3.8, 4) is 11.5 Å².